The summed E-state index contributed by atoms with van der Waals surface area (Å²) in [6.07, 6.45) is 4.11. The molecular weight excluding hydrogens is 332 g/mol. The molecule has 1 aromatic heterocycles. The van der Waals surface area contributed by atoms with Crippen LogP contribution in [0, 0.1) is 6.92 Å². The predicted octanol–water partition coefficient (Wildman–Crippen LogP) is 2.89. The Hall–Kier alpha value is -1.14. The lowest BCUT2D eigenvalue weighted by atomic mass is 10.1. The topological polar surface area (TPSA) is 49.8 Å². The smallest absolute Gasteiger partial charge is 0.228 e. The molecule has 0 aromatic carbocycles. The van der Waals surface area contributed by atoms with Crippen LogP contribution in [0.25, 0.3) is 0 Å². The third-order valence-corrected chi connectivity index (χ3v) is 4.13. The van der Waals surface area contributed by atoms with E-state index in [1.807, 2.05) is 31.3 Å². The number of halogens is 1. The Kier molecular flexibility index (Phi) is 5.99. The lowest BCUT2D eigenvalue weighted by Gasteiger charge is -2.24. The minimum Gasteiger partial charge on any atom is -0.473 e. The van der Waals surface area contributed by atoms with Crippen molar-refractivity contribution in [3.63, 3.8) is 0 Å². The molecule has 1 fully saturated rings. The van der Waals surface area contributed by atoms with Gasteiger partial charge in [0.1, 0.15) is 6.10 Å². The molecule has 0 radical (unpaired) electrons. The highest BCUT2D eigenvalue weighted by atomic mass is 79.9. The fourth-order valence-electron chi connectivity index (χ4n) is 2.08. The molecule has 0 unspecified atom stereocenters. The minimum absolute atomic E-state index is 0.245. The van der Waals surface area contributed by atoms with Crippen molar-refractivity contribution in [2.75, 3.05) is 26.7 Å². The lowest BCUT2D eigenvalue weighted by Crippen LogP contribution is -2.34. The second kappa shape index (κ2) is 7.75. The average molecular weight is 355 g/mol. The number of ether oxygens (including phenoxy) is 1. The Balaban J connectivity index is 2.10. The van der Waals surface area contributed by atoms with Gasteiger partial charge in [-0.1, -0.05) is 0 Å². The van der Waals surface area contributed by atoms with Gasteiger partial charge in [-0.3, -0.25) is 0 Å². The zero-order valence-electron chi connectivity index (χ0n) is 12.9. The molecule has 1 N–H and O–H groups in total. The van der Waals surface area contributed by atoms with Gasteiger partial charge in [0, 0.05) is 13.6 Å². The molecule has 0 amide bonds. The van der Waals surface area contributed by atoms with Crippen molar-refractivity contribution in [2.45, 2.75) is 32.8 Å². The van der Waals surface area contributed by atoms with Crippen LogP contribution in [0.3, 0.4) is 0 Å². The molecule has 5 nitrogen and oxygen atoms in total. The quantitative estimate of drug-likeness (QED) is 0.652. The number of aryl methyl sites for hydroxylation is 1. The number of aliphatic imine (C=N–C) groups is 1. The van der Waals surface area contributed by atoms with Gasteiger partial charge in [-0.25, -0.2) is 9.98 Å². The van der Waals surface area contributed by atoms with Crippen LogP contribution < -0.4 is 10.1 Å². The summed E-state index contributed by atoms with van der Waals surface area (Å²) in [5.74, 6) is 0.669. The maximum absolute atomic E-state index is 6.01. The van der Waals surface area contributed by atoms with Crippen molar-refractivity contribution in [2.24, 2.45) is 4.99 Å². The summed E-state index contributed by atoms with van der Waals surface area (Å²) in [5, 5.41) is 3.33. The molecular formula is C15H23BrN4O. The average Bonchev–Trinajstić information content (AvgIpc) is 2.50. The molecule has 2 heterocycles. The van der Waals surface area contributed by atoms with E-state index < -0.39 is 0 Å². The number of piperidine rings is 1. The first kappa shape index (κ1) is 16.2. The van der Waals surface area contributed by atoms with Crippen LogP contribution in [0.1, 0.15) is 25.5 Å². The SMILES string of the molecule is CCN(C)C=Nc1cc(Br)c(OC2CCNCC2)nc1C. The Morgan fingerprint density at radius 2 is 2.24 bits per heavy atom. The lowest BCUT2D eigenvalue weighted by molar-refractivity contribution is 0.154. The second-order valence-electron chi connectivity index (χ2n) is 5.26. The number of hydrogen-bond donors (Lipinski definition) is 1. The molecule has 21 heavy (non-hydrogen) atoms. The predicted molar refractivity (Wildman–Crippen MR) is 89.6 cm³/mol. The van der Waals surface area contributed by atoms with E-state index in [1.165, 1.54) is 0 Å². The fourth-order valence-corrected chi connectivity index (χ4v) is 2.48. The van der Waals surface area contributed by atoms with E-state index >= 15 is 0 Å². The van der Waals surface area contributed by atoms with Crippen LogP contribution in [0.5, 0.6) is 5.88 Å². The first-order chi connectivity index (χ1) is 10.1. The van der Waals surface area contributed by atoms with Crippen molar-refractivity contribution < 1.29 is 4.74 Å². The number of hydrogen-bond acceptors (Lipinski definition) is 4. The number of nitrogens with zero attached hydrogens (tertiary/aromatic N) is 3. The van der Waals surface area contributed by atoms with Gasteiger partial charge in [0.05, 0.1) is 22.2 Å². The summed E-state index contributed by atoms with van der Waals surface area (Å²) >= 11 is 3.54. The van der Waals surface area contributed by atoms with E-state index in [-0.39, 0.29) is 6.10 Å². The van der Waals surface area contributed by atoms with E-state index in [1.54, 1.807) is 0 Å². The van der Waals surface area contributed by atoms with E-state index in [0.717, 1.165) is 48.3 Å². The Morgan fingerprint density at radius 1 is 1.52 bits per heavy atom. The molecule has 0 saturated carbocycles. The van der Waals surface area contributed by atoms with Crippen LogP contribution >= 0.6 is 15.9 Å². The van der Waals surface area contributed by atoms with Crippen molar-refractivity contribution in [3.8, 4) is 5.88 Å². The van der Waals surface area contributed by atoms with Gasteiger partial charge >= 0.3 is 0 Å². The van der Waals surface area contributed by atoms with Crippen LogP contribution in [0.4, 0.5) is 5.69 Å². The maximum atomic E-state index is 6.01. The van der Waals surface area contributed by atoms with Crippen molar-refractivity contribution in [1.82, 2.24) is 15.2 Å². The summed E-state index contributed by atoms with van der Waals surface area (Å²) in [7, 11) is 2.00. The Morgan fingerprint density at radius 3 is 2.90 bits per heavy atom. The van der Waals surface area contributed by atoms with Crippen LogP contribution in [0.15, 0.2) is 15.5 Å². The van der Waals surface area contributed by atoms with E-state index in [9.17, 15) is 0 Å². The molecule has 6 heteroatoms. The molecule has 1 aliphatic heterocycles. The van der Waals surface area contributed by atoms with Crippen LogP contribution in [0.2, 0.25) is 0 Å². The summed E-state index contributed by atoms with van der Waals surface area (Å²) in [6.45, 7) is 6.98. The molecule has 0 spiro atoms. The summed E-state index contributed by atoms with van der Waals surface area (Å²) in [4.78, 5) is 11.0. The molecule has 0 bridgehead atoms. The Labute approximate surface area is 134 Å². The highest BCUT2D eigenvalue weighted by Gasteiger charge is 2.17. The largest absolute Gasteiger partial charge is 0.473 e. The molecule has 1 saturated heterocycles. The van der Waals surface area contributed by atoms with Gasteiger partial charge < -0.3 is 15.0 Å². The van der Waals surface area contributed by atoms with E-state index in [4.69, 9.17) is 4.74 Å². The van der Waals surface area contributed by atoms with Gasteiger partial charge in [0.15, 0.2) is 0 Å². The Bertz CT molecular complexity index is 501. The monoisotopic (exact) mass is 354 g/mol. The van der Waals surface area contributed by atoms with Gasteiger partial charge in [-0.15, -0.1) is 0 Å². The molecule has 1 aliphatic rings. The van der Waals surface area contributed by atoms with Crippen LogP contribution in [-0.4, -0.2) is 49.0 Å². The molecule has 1 aromatic rings. The standard InChI is InChI=1S/C15H23BrN4O/c1-4-20(3)10-18-14-9-13(16)15(19-11(14)2)21-12-5-7-17-8-6-12/h9-10,12,17H,4-8H2,1-3H3. The van der Waals surface area contributed by atoms with Crippen molar-refractivity contribution in [1.29, 1.82) is 0 Å². The van der Waals surface area contributed by atoms with Crippen molar-refractivity contribution >= 4 is 28.0 Å². The first-order valence-electron chi connectivity index (χ1n) is 7.39. The third kappa shape index (κ3) is 4.68. The number of aromatic nitrogens is 1. The zero-order chi connectivity index (χ0) is 15.2. The third-order valence-electron chi connectivity index (χ3n) is 3.56. The van der Waals surface area contributed by atoms with E-state index in [2.05, 4.69) is 38.1 Å². The first-order valence-corrected chi connectivity index (χ1v) is 8.18. The second-order valence-corrected chi connectivity index (χ2v) is 6.12. The normalized spacial score (nSPS) is 16.4. The van der Waals surface area contributed by atoms with Gasteiger partial charge in [0.25, 0.3) is 0 Å². The van der Waals surface area contributed by atoms with Gasteiger partial charge in [-0.05, 0) is 61.8 Å². The van der Waals surface area contributed by atoms with E-state index in [0.29, 0.717) is 5.88 Å². The molecule has 0 atom stereocenters. The minimum atomic E-state index is 0.245. The summed E-state index contributed by atoms with van der Waals surface area (Å²) < 4.78 is 6.87. The molecule has 0 aliphatic carbocycles. The van der Waals surface area contributed by atoms with Crippen molar-refractivity contribution in [3.05, 3.63) is 16.2 Å². The summed E-state index contributed by atoms with van der Waals surface area (Å²) in [5.41, 5.74) is 1.74. The molecule has 116 valence electrons. The maximum Gasteiger partial charge on any atom is 0.228 e. The van der Waals surface area contributed by atoms with Gasteiger partial charge in [-0.2, -0.15) is 0 Å². The highest BCUT2D eigenvalue weighted by molar-refractivity contribution is 9.10. The number of rotatable bonds is 5. The number of nitrogens with one attached hydrogen (secondary N) is 1. The summed E-state index contributed by atoms with van der Waals surface area (Å²) in [6, 6.07) is 1.97. The van der Waals surface area contributed by atoms with Gasteiger partial charge in [0.2, 0.25) is 5.88 Å². The zero-order valence-corrected chi connectivity index (χ0v) is 14.5. The number of pyridine rings is 1. The fraction of sp³-hybridized carbons (Fsp3) is 0.600. The highest BCUT2D eigenvalue weighted by Crippen LogP contribution is 2.31. The van der Waals surface area contributed by atoms with Crippen LogP contribution in [-0.2, 0) is 0 Å². The molecule has 2 rings (SSSR count).